The number of thioether (sulfide) groups is 1. The lowest BCUT2D eigenvalue weighted by Gasteiger charge is -2.31. The molecule has 2 aliphatic heterocycles. The SMILES string of the molecule is COc1ccc(C=C2SC(=S)N(CCC(=O)N3c4ccccc4Sc4ccc(Cl)cc43)C2=O)cc1OC. The molecule has 188 valence electrons. The molecule has 0 aromatic heterocycles. The molecule has 0 unspecified atom stereocenters. The summed E-state index contributed by atoms with van der Waals surface area (Å²) in [6, 6.07) is 18.7. The zero-order valence-electron chi connectivity index (χ0n) is 19.9. The normalized spacial score (nSPS) is 15.6. The van der Waals surface area contributed by atoms with E-state index in [4.69, 9.17) is 33.3 Å². The largest absolute Gasteiger partial charge is 0.493 e. The summed E-state index contributed by atoms with van der Waals surface area (Å²) in [5.74, 6) is 0.800. The van der Waals surface area contributed by atoms with Crippen LogP contribution in [-0.4, -0.2) is 41.8 Å². The first-order valence-electron chi connectivity index (χ1n) is 11.3. The molecule has 2 heterocycles. The van der Waals surface area contributed by atoms with Crippen LogP contribution in [0.1, 0.15) is 12.0 Å². The average molecular weight is 569 g/mol. The Labute approximate surface area is 233 Å². The first-order chi connectivity index (χ1) is 17.9. The number of amides is 2. The van der Waals surface area contributed by atoms with Crippen LogP contribution in [0.4, 0.5) is 11.4 Å². The Morgan fingerprint density at radius 1 is 0.973 bits per heavy atom. The van der Waals surface area contributed by atoms with E-state index in [1.54, 1.807) is 55.2 Å². The molecule has 2 aliphatic rings. The van der Waals surface area contributed by atoms with Crippen LogP contribution >= 0.6 is 47.3 Å². The van der Waals surface area contributed by atoms with E-state index in [0.29, 0.717) is 25.7 Å². The van der Waals surface area contributed by atoms with Crippen molar-refractivity contribution >= 4 is 80.9 Å². The van der Waals surface area contributed by atoms with E-state index < -0.39 is 0 Å². The van der Waals surface area contributed by atoms with Gasteiger partial charge in [-0.2, -0.15) is 0 Å². The molecule has 0 N–H and O–H groups in total. The number of ether oxygens (including phenoxy) is 2. The molecule has 5 rings (SSSR count). The maximum atomic E-state index is 13.6. The number of para-hydroxylation sites is 1. The highest BCUT2D eigenvalue weighted by Gasteiger charge is 2.34. The summed E-state index contributed by atoms with van der Waals surface area (Å²) in [5, 5.41) is 0.550. The van der Waals surface area contributed by atoms with Gasteiger partial charge in [-0.1, -0.05) is 65.5 Å². The number of thiocarbonyl (C=S) groups is 1. The number of fused-ring (bicyclic) bond motifs is 2. The summed E-state index contributed by atoms with van der Waals surface area (Å²) >= 11 is 14.6. The van der Waals surface area contributed by atoms with Gasteiger partial charge in [-0.05, 0) is 54.1 Å². The summed E-state index contributed by atoms with van der Waals surface area (Å²) in [7, 11) is 3.13. The third-order valence-electron chi connectivity index (χ3n) is 5.87. The van der Waals surface area contributed by atoms with E-state index in [1.807, 2.05) is 42.5 Å². The zero-order chi connectivity index (χ0) is 26.1. The van der Waals surface area contributed by atoms with Crippen LogP contribution < -0.4 is 14.4 Å². The molecular formula is C27H21ClN2O4S3. The predicted molar refractivity (Wildman–Crippen MR) is 153 cm³/mol. The number of anilines is 2. The van der Waals surface area contributed by atoms with Crippen molar-refractivity contribution < 1.29 is 19.1 Å². The van der Waals surface area contributed by atoms with Gasteiger partial charge in [0.15, 0.2) is 11.5 Å². The Kier molecular flexibility index (Phi) is 7.48. The third kappa shape index (κ3) is 5.09. The van der Waals surface area contributed by atoms with Crippen LogP contribution in [0.15, 0.2) is 75.4 Å². The van der Waals surface area contributed by atoms with Crippen molar-refractivity contribution in [3.05, 3.63) is 76.2 Å². The average Bonchev–Trinajstić information content (AvgIpc) is 3.17. The molecular weight excluding hydrogens is 548 g/mol. The molecule has 0 radical (unpaired) electrons. The van der Waals surface area contributed by atoms with E-state index in [0.717, 1.165) is 26.7 Å². The molecule has 0 aliphatic carbocycles. The molecule has 10 heteroatoms. The highest BCUT2D eigenvalue weighted by atomic mass is 35.5. The van der Waals surface area contributed by atoms with Gasteiger partial charge in [-0.25, -0.2) is 0 Å². The molecule has 2 amide bonds. The second kappa shape index (κ2) is 10.8. The summed E-state index contributed by atoms with van der Waals surface area (Å²) in [6.45, 7) is 0.175. The van der Waals surface area contributed by atoms with Gasteiger partial charge in [0.1, 0.15) is 4.32 Å². The number of carbonyl (C=O) groups is 2. The Balaban J connectivity index is 1.35. The topological polar surface area (TPSA) is 59.1 Å². The van der Waals surface area contributed by atoms with E-state index in [2.05, 4.69) is 0 Å². The molecule has 37 heavy (non-hydrogen) atoms. The molecule has 0 spiro atoms. The number of nitrogens with zero attached hydrogens (tertiary/aromatic N) is 2. The molecule has 3 aromatic rings. The molecule has 6 nitrogen and oxygen atoms in total. The second-order valence-electron chi connectivity index (χ2n) is 8.11. The van der Waals surface area contributed by atoms with Gasteiger partial charge in [0.25, 0.3) is 5.91 Å². The molecule has 0 bridgehead atoms. The monoisotopic (exact) mass is 568 g/mol. The van der Waals surface area contributed by atoms with E-state index >= 15 is 0 Å². The third-order valence-corrected chi connectivity index (χ3v) is 8.61. The standard InChI is InChI=1S/C27H21ClN2O4S3/c1-33-20-9-7-16(13-21(20)34-2)14-24-26(32)29(27(35)37-24)12-11-25(31)30-18-5-3-4-6-22(18)36-23-10-8-17(28)15-19(23)30/h3-10,13-15H,11-12H2,1-2H3. The lowest BCUT2D eigenvalue weighted by molar-refractivity contribution is -0.123. The number of benzene rings is 3. The summed E-state index contributed by atoms with van der Waals surface area (Å²) in [4.78, 5) is 32.3. The molecule has 0 saturated carbocycles. The van der Waals surface area contributed by atoms with Crippen molar-refractivity contribution in [1.82, 2.24) is 4.90 Å². The minimum atomic E-state index is -0.226. The van der Waals surface area contributed by atoms with Crippen LogP contribution in [0.2, 0.25) is 5.02 Å². The lowest BCUT2D eigenvalue weighted by atomic mass is 10.1. The van der Waals surface area contributed by atoms with Crippen molar-refractivity contribution in [3.63, 3.8) is 0 Å². The maximum absolute atomic E-state index is 13.6. The van der Waals surface area contributed by atoms with Gasteiger partial charge in [0.2, 0.25) is 5.91 Å². The van der Waals surface area contributed by atoms with Gasteiger partial charge >= 0.3 is 0 Å². The van der Waals surface area contributed by atoms with Crippen molar-refractivity contribution in [1.29, 1.82) is 0 Å². The zero-order valence-corrected chi connectivity index (χ0v) is 23.1. The van der Waals surface area contributed by atoms with E-state index in [9.17, 15) is 9.59 Å². The Bertz CT molecular complexity index is 1460. The number of methoxy groups -OCH3 is 2. The van der Waals surface area contributed by atoms with Gasteiger partial charge < -0.3 is 9.47 Å². The van der Waals surface area contributed by atoms with Gasteiger partial charge in [0.05, 0.1) is 30.5 Å². The molecule has 0 atom stereocenters. The quantitative estimate of drug-likeness (QED) is 0.240. The Hall–Kier alpha value is -2.98. The minimum Gasteiger partial charge on any atom is -0.493 e. The fraction of sp³-hybridized carbons (Fsp3) is 0.148. The Morgan fingerprint density at radius 3 is 2.51 bits per heavy atom. The number of carbonyl (C=O) groups excluding carboxylic acids is 2. The van der Waals surface area contributed by atoms with Crippen LogP contribution in [0.3, 0.4) is 0 Å². The van der Waals surface area contributed by atoms with Crippen LogP contribution in [-0.2, 0) is 9.59 Å². The number of hydrogen-bond acceptors (Lipinski definition) is 7. The first-order valence-corrected chi connectivity index (χ1v) is 13.7. The van der Waals surface area contributed by atoms with Gasteiger partial charge in [-0.3, -0.25) is 19.4 Å². The van der Waals surface area contributed by atoms with Gasteiger partial charge in [0, 0.05) is 27.8 Å². The van der Waals surface area contributed by atoms with Crippen LogP contribution in [0.25, 0.3) is 6.08 Å². The fourth-order valence-corrected chi connectivity index (χ4v) is 6.62. The van der Waals surface area contributed by atoms with E-state index in [-0.39, 0.29) is 24.8 Å². The predicted octanol–water partition coefficient (Wildman–Crippen LogP) is 6.78. The van der Waals surface area contributed by atoms with Crippen LogP contribution in [0, 0.1) is 0 Å². The Morgan fingerprint density at radius 2 is 1.73 bits per heavy atom. The summed E-state index contributed by atoms with van der Waals surface area (Å²) in [6.07, 6.45) is 1.86. The molecule has 3 aromatic carbocycles. The maximum Gasteiger partial charge on any atom is 0.266 e. The van der Waals surface area contributed by atoms with Crippen molar-refractivity contribution in [2.45, 2.75) is 16.2 Å². The highest BCUT2D eigenvalue weighted by molar-refractivity contribution is 8.26. The summed E-state index contributed by atoms with van der Waals surface area (Å²) in [5.41, 5.74) is 2.32. The van der Waals surface area contributed by atoms with Crippen molar-refractivity contribution in [2.75, 3.05) is 25.7 Å². The van der Waals surface area contributed by atoms with E-state index in [1.165, 1.54) is 16.7 Å². The number of hydrogen-bond donors (Lipinski definition) is 0. The highest BCUT2D eigenvalue weighted by Crippen LogP contribution is 2.49. The molecule has 1 fully saturated rings. The van der Waals surface area contributed by atoms with Crippen molar-refractivity contribution in [2.24, 2.45) is 0 Å². The molecule has 1 saturated heterocycles. The first kappa shape index (κ1) is 25.7. The number of rotatable bonds is 6. The smallest absolute Gasteiger partial charge is 0.266 e. The second-order valence-corrected chi connectivity index (χ2v) is 11.3. The van der Waals surface area contributed by atoms with Crippen LogP contribution in [0.5, 0.6) is 11.5 Å². The summed E-state index contributed by atoms with van der Waals surface area (Å²) < 4.78 is 11.1. The van der Waals surface area contributed by atoms with Crippen molar-refractivity contribution in [3.8, 4) is 11.5 Å². The van der Waals surface area contributed by atoms with Gasteiger partial charge in [-0.15, -0.1) is 0 Å². The number of halogens is 1. The minimum absolute atomic E-state index is 0.0982. The lowest BCUT2D eigenvalue weighted by Crippen LogP contribution is -2.35. The fourth-order valence-electron chi connectivity index (χ4n) is 4.10.